The van der Waals surface area contributed by atoms with Gasteiger partial charge in [0.1, 0.15) is 12.0 Å². The first kappa shape index (κ1) is 28.8. The van der Waals surface area contributed by atoms with Crippen LogP contribution in [0.1, 0.15) is 19.4 Å². The summed E-state index contributed by atoms with van der Waals surface area (Å²) >= 11 is 5.98. The van der Waals surface area contributed by atoms with E-state index in [1.165, 1.54) is 5.56 Å². The van der Waals surface area contributed by atoms with Gasteiger partial charge in [-0.05, 0) is 30.7 Å². The van der Waals surface area contributed by atoms with Gasteiger partial charge < -0.3 is 9.26 Å². The molecule has 0 aliphatic carbocycles. The molecule has 5 rings (SSSR count). The lowest BCUT2D eigenvalue weighted by molar-refractivity contribution is -0.109. The summed E-state index contributed by atoms with van der Waals surface area (Å²) < 4.78 is 9.85. The number of carbonyl (C=O) groups excluding carboxylic acids is 1. The molecule has 0 spiro atoms. The number of aromatic nitrogens is 4. The fourth-order valence-electron chi connectivity index (χ4n) is 3.45. The van der Waals surface area contributed by atoms with Crippen molar-refractivity contribution in [2.24, 2.45) is 0 Å². The van der Waals surface area contributed by atoms with Gasteiger partial charge in [0.2, 0.25) is 12.3 Å². The number of ether oxygens (including phenoxy) is 1. The lowest BCUT2D eigenvalue weighted by Crippen LogP contribution is -2.21. The van der Waals surface area contributed by atoms with Gasteiger partial charge in [-0.1, -0.05) is 72.6 Å². The summed E-state index contributed by atoms with van der Waals surface area (Å²) in [6.45, 7) is 6.06. The maximum atomic E-state index is 10.6. The molecule has 0 aliphatic heterocycles. The molecule has 0 fully saturated rings. The fraction of sp³-hybridized carbons (Fsp3) is 0.138. The number of hydrogen-bond acceptors (Lipinski definition) is 8. The summed E-state index contributed by atoms with van der Waals surface area (Å²) in [5.41, 5.74) is 11.6. The zero-order chi connectivity index (χ0) is 28.0. The number of methoxy groups -OCH3 is 1. The molecule has 0 saturated heterocycles. The molecule has 10 heteroatoms. The number of halogens is 1. The topological polar surface area (TPSA) is 115 Å². The van der Waals surface area contributed by atoms with Gasteiger partial charge in [0.25, 0.3) is 0 Å². The van der Waals surface area contributed by atoms with Gasteiger partial charge in [0, 0.05) is 45.6 Å². The molecule has 9 nitrogen and oxygen atoms in total. The third-order valence-electron chi connectivity index (χ3n) is 5.27. The van der Waals surface area contributed by atoms with Gasteiger partial charge in [-0.15, -0.1) is 5.10 Å². The van der Waals surface area contributed by atoms with Crippen molar-refractivity contribution in [3.8, 4) is 39.4 Å². The molecule has 1 amide bonds. The molecule has 0 unspecified atom stereocenters. The van der Waals surface area contributed by atoms with E-state index in [1.807, 2.05) is 50.2 Å². The van der Waals surface area contributed by atoms with E-state index in [4.69, 9.17) is 20.9 Å². The Kier molecular flexibility index (Phi) is 11.0. The van der Waals surface area contributed by atoms with Gasteiger partial charge in [0.15, 0.2) is 5.82 Å². The third kappa shape index (κ3) is 7.86. The molecule has 3 aromatic heterocycles. The number of hydrazine groups is 1. The highest BCUT2D eigenvalue weighted by molar-refractivity contribution is 6.30. The first-order chi connectivity index (χ1) is 19.1. The number of anilines is 1. The van der Waals surface area contributed by atoms with Gasteiger partial charge in [0.05, 0.1) is 13.3 Å². The van der Waals surface area contributed by atoms with Crippen LogP contribution < -0.4 is 15.6 Å². The SMILES string of the molecule is CC.COc1ccc(-c2c(-c3ccc(Cl)cc3)cnnc2NNC=O)cn1.Cc1ccc(-c2ccon2)cc1. The molecular formula is C29H29ClN6O3. The predicted molar refractivity (Wildman–Crippen MR) is 153 cm³/mol. The van der Waals surface area contributed by atoms with Crippen molar-refractivity contribution in [1.29, 1.82) is 0 Å². The smallest absolute Gasteiger partial charge is 0.225 e. The van der Waals surface area contributed by atoms with Crippen LogP contribution in [0.3, 0.4) is 0 Å². The van der Waals surface area contributed by atoms with E-state index < -0.39 is 0 Å². The summed E-state index contributed by atoms with van der Waals surface area (Å²) in [5.74, 6) is 0.894. The van der Waals surface area contributed by atoms with Crippen LogP contribution in [-0.4, -0.2) is 33.9 Å². The van der Waals surface area contributed by atoms with Crippen LogP contribution >= 0.6 is 11.6 Å². The number of benzene rings is 2. The second-order valence-electron chi connectivity index (χ2n) is 7.72. The molecule has 0 atom stereocenters. The maximum absolute atomic E-state index is 10.6. The zero-order valence-electron chi connectivity index (χ0n) is 22.1. The van der Waals surface area contributed by atoms with E-state index >= 15 is 0 Å². The largest absolute Gasteiger partial charge is 0.481 e. The summed E-state index contributed by atoms with van der Waals surface area (Å²) in [7, 11) is 1.55. The lowest BCUT2D eigenvalue weighted by Gasteiger charge is -2.14. The third-order valence-corrected chi connectivity index (χ3v) is 5.53. The first-order valence-electron chi connectivity index (χ1n) is 12.1. The van der Waals surface area contributed by atoms with E-state index in [9.17, 15) is 4.79 Å². The highest BCUT2D eigenvalue weighted by Crippen LogP contribution is 2.36. The molecule has 2 N–H and O–H groups in total. The number of amides is 1. The summed E-state index contributed by atoms with van der Waals surface area (Å²) in [6.07, 6.45) is 5.41. The Hall–Kier alpha value is -4.76. The number of nitrogens with one attached hydrogen (secondary N) is 2. The van der Waals surface area contributed by atoms with Crippen LogP contribution in [0.15, 0.2) is 89.9 Å². The first-order valence-corrected chi connectivity index (χ1v) is 12.5. The van der Waals surface area contributed by atoms with Gasteiger partial charge in [-0.3, -0.25) is 15.6 Å². The minimum atomic E-state index is 0.395. The van der Waals surface area contributed by atoms with Crippen molar-refractivity contribution in [2.45, 2.75) is 20.8 Å². The van der Waals surface area contributed by atoms with Gasteiger partial charge >= 0.3 is 0 Å². The van der Waals surface area contributed by atoms with Crippen molar-refractivity contribution in [3.05, 3.63) is 96.0 Å². The molecule has 3 heterocycles. The Morgan fingerprint density at radius 1 is 0.897 bits per heavy atom. The molecule has 0 aliphatic rings. The quantitative estimate of drug-likeness (QED) is 0.173. The van der Waals surface area contributed by atoms with E-state index in [0.717, 1.165) is 33.5 Å². The van der Waals surface area contributed by atoms with Crippen LogP contribution in [0.5, 0.6) is 5.88 Å². The van der Waals surface area contributed by atoms with E-state index in [-0.39, 0.29) is 0 Å². The highest BCUT2D eigenvalue weighted by atomic mass is 35.5. The molecule has 0 bridgehead atoms. The number of hydrogen-bond donors (Lipinski definition) is 2. The Morgan fingerprint density at radius 2 is 1.59 bits per heavy atom. The number of rotatable bonds is 7. The Balaban J connectivity index is 0.000000250. The monoisotopic (exact) mass is 544 g/mol. The fourth-order valence-corrected chi connectivity index (χ4v) is 3.57. The molecule has 0 saturated carbocycles. The predicted octanol–water partition coefficient (Wildman–Crippen LogP) is 6.62. The zero-order valence-corrected chi connectivity index (χ0v) is 22.8. The Labute approximate surface area is 232 Å². The second kappa shape index (κ2) is 14.8. The van der Waals surface area contributed by atoms with E-state index in [0.29, 0.717) is 23.1 Å². The van der Waals surface area contributed by atoms with Gasteiger partial charge in [-0.2, -0.15) is 5.10 Å². The molecule has 0 radical (unpaired) electrons. The Bertz CT molecular complexity index is 1430. The van der Waals surface area contributed by atoms with E-state index in [2.05, 4.69) is 50.2 Å². The number of carbonyl (C=O) groups is 1. The van der Waals surface area contributed by atoms with Crippen LogP contribution in [-0.2, 0) is 4.79 Å². The normalized spacial score (nSPS) is 9.77. The summed E-state index contributed by atoms with van der Waals surface area (Å²) in [5, 5.41) is 12.6. The average molecular weight is 545 g/mol. The van der Waals surface area contributed by atoms with Crippen molar-refractivity contribution in [3.63, 3.8) is 0 Å². The maximum Gasteiger partial charge on any atom is 0.225 e. The standard InChI is InChI=1S/C17H14ClN5O2.C10H9NO.C2H6/c1-25-15-7-4-12(8-19-15)16-14(11-2-5-13(18)6-3-11)9-20-22-17(16)23-21-10-24;1-8-2-4-9(5-3-8)10-6-7-12-11-10;1-2/h2-10H,1H3,(H,21,24)(H,22,23);2-7H,1H3;1-2H3. The number of aryl methyl sites for hydroxylation is 1. The van der Waals surface area contributed by atoms with Crippen molar-refractivity contribution in [2.75, 3.05) is 12.5 Å². The minimum absolute atomic E-state index is 0.395. The van der Waals surface area contributed by atoms with Crippen molar-refractivity contribution < 1.29 is 14.1 Å². The number of nitrogens with zero attached hydrogens (tertiary/aromatic N) is 4. The lowest BCUT2D eigenvalue weighted by atomic mass is 9.98. The minimum Gasteiger partial charge on any atom is -0.481 e. The molecular weight excluding hydrogens is 516 g/mol. The van der Waals surface area contributed by atoms with Crippen LogP contribution in [0, 0.1) is 6.92 Å². The summed E-state index contributed by atoms with van der Waals surface area (Å²) in [6, 6.07) is 21.0. The highest BCUT2D eigenvalue weighted by Gasteiger charge is 2.15. The van der Waals surface area contributed by atoms with E-state index in [1.54, 1.807) is 44.0 Å². The summed E-state index contributed by atoms with van der Waals surface area (Å²) in [4.78, 5) is 14.9. The average Bonchev–Trinajstić information content (AvgIpc) is 3.53. The van der Waals surface area contributed by atoms with Crippen molar-refractivity contribution in [1.82, 2.24) is 25.8 Å². The van der Waals surface area contributed by atoms with Crippen LogP contribution in [0.2, 0.25) is 5.02 Å². The second-order valence-corrected chi connectivity index (χ2v) is 8.15. The molecule has 39 heavy (non-hydrogen) atoms. The molecule has 5 aromatic rings. The van der Waals surface area contributed by atoms with Crippen LogP contribution in [0.25, 0.3) is 33.5 Å². The van der Waals surface area contributed by atoms with Crippen molar-refractivity contribution >= 4 is 23.8 Å². The molecule has 200 valence electrons. The molecule has 2 aromatic carbocycles. The van der Waals surface area contributed by atoms with Crippen LogP contribution in [0.4, 0.5) is 5.82 Å². The van der Waals surface area contributed by atoms with Gasteiger partial charge in [-0.25, -0.2) is 4.98 Å². The Morgan fingerprint density at radius 3 is 2.18 bits per heavy atom. The number of pyridine rings is 1.